The highest BCUT2D eigenvalue weighted by atomic mass is 32.1. The molecule has 5 nitrogen and oxygen atoms in total. The number of nitrogens with one attached hydrogen (secondary N) is 1. The van der Waals surface area contributed by atoms with Crippen molar-refractivity contribution in [3.05, 3.63) is 69.6 Å². The SMILES string of the molecule is Cc1cc(NC(=O)C2C(=O)N3c4ccc(F)cc4Cc4cc(F)cc2c43)ns1. The van der Waals surface area contributed by atoms with Gasteiger partial charge >= 0.3 is 0 Å². The number of hydrogen-bond acceptors (Lipinski definition) is 4. The molecular formula is C20H13F2N3O2S. The molecule has 2 aliphatic heterocycles. The second-order valence-electron chi connectivity index (χ2n) is 6.87. The molecule has 0 bridgehead atoms. The van der Waals surface area contributed by atoms with Crippen LogP contribution in [0.3, 0.4) is 0 Å². The van der Waals surface area contributed by atoms with E-state index in [9.17, 15) is 18.4 Å². The van der Waals surface area contributed by atoms with Crippen LogP contribution in [0.1, 0.15) is 27.5 Å². The van der Waals surface area contributed by atoms with Crippen LogP contribution in [0.5, 0.6) is 0 Å². The largest absolute Gasteiger partial charge is 0.309 e. The Balaban J connectivity index is 1.62. The van der Waals surface area contributed by atoms with Crippen molar-refractivity contribution in [2.24, 2.45) is 0 Å². The topological polar surface area (TPSA) is 62.3 Å². The summed E-state index contributed by atoms with van der Waals surface area (Å²) in [7, 11) is 0. The molecule has 140 valence electrons. The van der Waals surface area contributed by atoms with E-state index in [4.69, 9.17) is 0 Å². The fourth-order valence-electron chi connectivity index (χ4n) is 3.91. The van der Waals surface area contributed by atoms with Gasteiger partial charge in [0.15, 0.2) is 0 Å². The summed E-state index contributed by atoms with van der Waals surface area (Å²) in [6.07, 6.45) is 0.288. The van der Waals surface area contributed by atoms with Crippen molar-refractivity contribution in [3.8, 4) is 0 Å². The zero-order chi connectivity index (χ0) is 19.6. The summed E-state index contributed by atoms with van der Waals surface area (Å²) in [4.78, 5) is 28.4. The normalized spacial score (nSPS) is 16.8. The van der Waals surface area contributed by atoms with Gasteiger partial charge in [-0.2, -0.15) is 4.37 Å². The molecule has 1 N–H and O–H groups in total. The molecule has 1 unspecified atom stereocenters. The Morgan fingerprint density at radius 3 is 2.71 bits per heavy atom. The number of hydrogen-bond donors (Lipinski definition) is 1. The number of aryl methyl sites for hydroxylation is 1. The van der Waals surface area contributed by atoms with E-state index in [1.165, 1.54) is 46.8 Å². The Kier molecular flexibility index (Phi) is 3.60. The van der Waals surface area contributed by atoms with Crippen LogP contribution in [0.25, 0.3) is 0 Å². The van der Waals surface area contributed by atoms with Crippen LogP contribution < -0.4 is 10.2 Å². The molecule has 0 fully saturated rings. The first kappa shape index (κ1) is 17.0. The zero-order valence-electron chi connectivity index (χ0n) is 14.6. The third kappa shape index (κ3) is 2.45. The molecule has 0 saturated heterocycles. The summed E-state index contributed by atoms with van der Waals surface area (Å²) in [5.41, 5.74) is 2.49. The highest BCUT2D eigenvalue weighted by Gasteiger charge is 2.46. The van der Waals surface area contributed by atoms with E-state index < -0.39 is 29.4 Å². The molecule has 0 aliphatic carbocycles. The first-order valence-corrected chi connectivity index (χ1v) is 9.38. The van der Waals surface area contributed by atoms with Gasteiger partial charge in [-0.3, -0.25) is 14.5 Å². The molecule has 1 aromatic heterocycles. The van der Waals surface area contributed by atoms with Crippen molar-refractivity contribution in [1.29, 1.82) is 0 Å². The van der Waals surface area contributed by atoms with Crippen molar-refractivity contribution in [1.82, 2.24) is 4.37 Å². The highest BCUT2D eigenvalue weighted by Crippen LogP contribution is 2.49. The maximum atomic E-state index is 14.3. The molecule has 2 amide bonds. The van der Waals surface area contributed by atoms with Gasteiger partial charge in [0, 0.05) is 16.9 Å². The number of carbonyl (C=O) groups excluding carboxylic acids is 2. The third-order valence-electron chi connectivity index (χ3n) is 4.99. The van der Waals surface area contributed by atoms with E-state index in [1.807, 2.05) is 6.92 Å². The molecule has 0 spiro atoms. The molecule has 8 heteroatoms. The molecular weight excluding hydrogens is 384 g/mol. The fraction of sp³-hybridized carbons (Fsp3) is 0.150. The van der Waals surface area contributed by atoms with E-state index in [1.54, 1.807) is 6.07 Å². The van der Waals surface area contributed by atoms with Crippen LogP contribution >= 0.6 is 11.5 Å². The van der Waals surface area contributed by atoms with Gasteiger partial charge in [-0.25, -0.2) is 8.78 Å². The highest BCUT2D eigenvalue weighted by molar-refractivity contribution is 7.06. The molecule has 3 heterocycles. The number of amides is 2. The smallest absolute Gasteiger partial charge is 0.248 e. The molecule has 1 atom stereocenters. The fourth-order valence-corrected chi connectivity index (χ4v) is 4.42. The van der Waals surface area contributed by atoms with E-state index in [-0.39, 0.29) is 6.42 Å². The van der Waals surface area contributed by atoms with Gasteiger partial charge in [0.2, 0.25) is 11.8 Å². The molecule has 3 aromatic rings. The van der Waals surface area contributed by atoms with E-state index in [2.05, 4.69) is 9.69 Å². The van der Waals surface area contributed by atoms with Gasteiger partial charge in [-0.05, 0) is 66.0 Å². The van der Waals surface area contributed by atoms with Gasteiger partial charge in [-0.15, -0.1) is 0 Å². The first-order chi connectivity index (χ1) is 13.4. The Labute approximate surface area is 162 Å². The molecule has 0 radical (unpaired) electrons. The summed E-state index contributed by atoms with van der Waals surface area (Å²) in [6.45, 7) is 1.85. The van der Waals surface area contributed by atoms with Gasteiger partial charge < -0.3 is 5.32 Å². The second-order valence-corrected chi connectivity index (χ2v) is 7.88. The molecule has 0 saturated carbocycles. The lowest BCUT2D eigenvalue weighted by Crippen LogP contribution is -2.32. The maximum Gasteiger partial charge on any atom is 0.248 e. The summed E-state index contributed by atoms with van der Waals surface area (Å²) in [5, 5.41) is 2.64. The summed E-state index contributed by atoms with van der Waals surface area (Å²) >= 11 is 1.23. The number of rotatable bonds is 2. The quantitative estimate of drug-likeness (QED) is 0.664. The number of benzene rings is 2. The van der Waals surface area contributed by atoms with Crippen molar-refractivity contribution in [2.45, 2.75) is 19.3 Å². The minimum Gasteiger partial charge on any atom is -0.309 e. The summed E-state index contributed by atoms with van der Waals surface area (Å²) in [6, 6.07) is 8.38. The van der Waals surface area contributed by atoms with Crippen LogP contribution in [0.4, 0.5) is 26.0 Å². The summed E-state index contributed by atoms with van der Waals surface area (Å²) < 4.78 is 32.1. The monoisotopic (exact) mass is 397 g/mol. The lowest BCUT2D eigenvalue weighted by atomic mass is 9.93. The minimum atomic E-state index is -1.19. The van der Waals surface area contributed by atoms with Gasteiger partial charge in [0.25, 0.3) is 0 Å². The lowest BCUT2D eigenvalue weighted by molar-refractivity contribution is -0.126. The van der Waals surface area contributed by atoms with Crippen LogP contribution in [0.15, 0.2) is 36.4 Å². The number of halogens is 2. The average Bonchev–Trinajstić information content (AvgIpc) is 3.16. The average molecular weight is 397 g/mol. The molecule has 28 heavy (non-hydrogen) atoms. The van der Waals surface area contributed by atoms with Gasteiger partial charge in [0.1, 0.15) is 23.4 Å². The number of fused-ring (bicyclic) bond motifs is 2. The molecule has 2 aliphatic rings. The van der Waals surface area contributed by atoms with E-state index >= 15 is 0 Å². The van der Waals surface area contributed by atoms with Crippen molar-refractivity contribution in [3.63, 3.8) is 0 Å². The second kappa shape index (κ2) is 5.93. The van der Waals surface area contributed by atoms with Gasteiger partial charge in [0.05, 0.1) is 11.4 Å². The lowest BCUT2D eigenvalue weighted by Gasteiger charge is -2.28. The Bertz CT molecular complexity index is 1170. The van der Waals surface area contributed by atoms with Crippen molar-refractivity contribution >= 4 is 40.5 Å². The van der Waals surface area contributed by atoms with Crippen LogP contribution in [0.2, 0.25) is 0 Å². The van der Waals surface area contributed by atoms with Crippen molar-refractivity contribution in [2.75, 3.05) is 10.2 Å². The predicted octanol–water partition coefficient (Wildman–Crippen LogP) is 4.03. The molecule has 2 aromatic carbocycles. The molecule has 5 rings (SSSR count). The van der Waals surface area contributed by atoms with E-state index in [0.29, 0.717) is 33.9 Å². The number of aromatic nitrogens is 1. The summed E-state index contributed by atoms with van der Waals surface area (Å²) in [5.74, 6) is -2.86. The number of nitrogens with zero attached hydrogens (tertiary/aromatic N) is 2. The predicted molar refractivity (Wildman–Crippen MR) is 101 cm³/mol. The maximum absolute atomic E-state index is 14.3. The van der Waals surface area contributed by atoms with E-state index in [0.717, 1.165) is 4.88 Å². The zero-order valence-corrected chi connectivity index (χ0v) is 15.4. The number of carbonyl (C=O) groups is 2. The van der Waals surface area contributed by atoms with Gasteiger partial charge in [-0.1, -0.05) is 0 Å². The van der Waals surface area contributed by atoms with Crippen LogP contribution in [-0.2, 0) is 16.0 Å². The van der Waals surface area contributed by atoms with Crippen molar-refractivity contribution < 1.29 is 18.4 Å². The standard InChI is InChI=1S/C20H13F2N3O2S/c1-9-4-16(24-28-9)23-19(26)17-14-8-13(22)7-11-5-10-6-12(21)2-3-15(10)25(18(11)14)20(17)27/h2-4,6-8,17H,5H2,1H3,(H,23,24,26). The van der Waals surface area contributed by atoms with Crippen LogP contribution in [-0.4, -0.2) is 16.2 Å². The Hall–Kier alpha value is -3.13. The Morgan fingerprint density at radius 1 is 1.18 bits per heavy atom. The first-order valence-electron chi connectivity index (χ1n) is 8.61. The van der Waals surface area contributed by atoms with Crippen LogP contribution in [0, 0.1) is 18.6 Å². The third-order valence-corrected chi connectivity index (χ3v) is 5.68. The number of anilines is 3. The minimum absolute atomic E-state index is 0.288. The Morgan fingerprint density at radius 2 is 1.96 bits per heavy atom.